The summed E-state index contributed by atoms with van der Waals surface area (Å²) in [6, 6.07) is 0. The molecule has 0 saturated carbocycles. The Balaban J connectivity index is 4.30. The molecule has 0 aliphatic rings. The summed E-state index contributed by atoms with van der Waals surface area (Å²) < 4.78 is 16.9. The third-order valence-electron chi connectivity index (χ3n) is 14.8. The number of rotatable bonds is 61. The minimum atomic E-state index is -0.783. The fourth-order valence-electron chi connectivity index (χ4n) is 9.80. The predicted molar refractivity (Wildman–Crippen MR) is 325 cm³/mol. The number of ether oxygens (including phenoxy) is 3. The van der Waals surface area contributed by atoms with E-state index >= 15 is 0 Å². The van der Waals surface area contributed by atoms with Crippen LogP contribution < -0.4 is 0 Å². The van der Waals surface area contributed by atoms with Crippen molar-refractivity contribution < 1.29 is 28.6 Å². The lowest BCUT2D eigenvalue weighted by atomic mass is 10.0. The van der Waals surface area contributed by atoms with E-state index in [9.17, 15) is 14.4 Å². The van der Waals surface area contributed by atoms with Crippen LogP contribution >= 0.6 is 0 Å². The molecule has 0 aromatic rings. The predicted octanol–water partition coefficient (Wildman–Crippen LogP) is 22.6. The van der Waals surface area contributed by atoms with Crippen LogP contribution in [0.3, 0.4) is 0 Å². The Labute approximate surface area is 467 Å². The molecule has 0 saturated heterocycles. The van der Waals surface area contributed by atoms with Gasteiger partial charge in [-0.1, -0.05) is 301 Å². The fraction of sp³-hybridized carbons (Fsp3) is 0.841. The monoisotopic (exact) mass is 1050 g/mol. The van der Waals surface area contributed by atoms with E-state index in [2.05, 4.69) is 69.4 Å². The number of hydrogen-bond acceptors (Lipinski definition) is 6. The first-order chi connectivity index (χ1) is 37.0. The van der Waals surface area contributed by atoms with Gasteiger partial charge in [-0.25, -0.2) is 0 Å². The average Bonchev–Trinajstić information content (AvgIpc) is 3.41. The molecule has 0 spiro atoms. The Morgan fingerprint density at radius 1 is 0.267 bits per heavy atom. The largest absolute Gasteiger partial charge is 0.462 e. The van der Waals surface area contributed by atoms with Crippen molar-refractivity contribution in [2.45, 2.75) is 361 Å². The molecule has 0 radical (unpaired) electrons. The molecule has 6 nitrogen and oxygen atoms in total. The molecule has 0 fully saturated rings. The smallest absolute Gasteiger partial charge is 0.306 e. The van der Waals surface area contributed by atoms with E-state index in [0.29, 0.717) is 19.3 Å². The third kappa shape index (κ3) is 62.1. The zero-order valence-electron chi connectivity index (χ0n) is 50.3. The van der Waals surface area contributed by atoms with Crippen molar-refractivity contribution >= 4 is 17.9 Å². The van der Waals surface area contributed by atoms with Gasteiger partial charge in [0, 0.05) is 19.3 Å². The Hall–Kier alpha value is -2.63. The molecular weight excluding hydrogens is 925 g/mol. The van der Waals surface area contributed by atoms with Gasteiger partial charge in [0.05, 0.1) is 0 Å². The molecule has 0 aromatic heterocycles. The molecule has 0 heterocycles. The van der Waals surface area contributed by atoms with E-state index in [1.165, 1.54) is 225 Å². The van der Waals surface area contributed by atoms with Gasteiger partial charge < -0.3 is 14.2 Å². The number of hydrogen-bond donors (Lipinski definition) is 0. The van der Waals surface area contributed by atoms with Gasteiger partial charge in [-0.2, -0.15) is 0 Å². The van der Waals surface area contributed by atoms with Crippen LogP contribution in [0.25, 0.3) is 0 Å². The summed E-state index contributed by atoms with van der Waals surface area (Å²) in [6.45, 7) is 6.64. The molecule has 75 heavy (non-hydrogen) atoms. The van der Waals surface area contributed by atoms with E-state index in [1.807, 2.05) is 0 Å². The van der Waals surface area contributed by atoms with Gasteiger partial charge in [-0.05, 0) is 83.5 Å². The van der Waals surface area contributed by atoms with E-state index < -0.39 is 6.10 Å². The first-order valence-corrected chi connectivity index (χ1v) is 33.1. The molecule has 0 bridgehead atoms. The minimum Gasteiger partial charge on any atom is -0.462 e. The van der Waals surface area contributed by atoms with E-state index in [-0.39, 0.29) is 31.1 Å². The van der Waals surface area contributed by atoms with Crippen molar-refractivity contribution in [3.8, 4) is 0 Å². The van der Waals surface area contributed by atoms with Gasteiger partial charge in [0.15, 0.2) is 6.10 Å². The lowest BCUT2D eigenvalue weighted by Crippen LogP contribution is -2.30. The Kier molecular flexibility index (Phi) is 61.7. The zero-order valence-corrected chi connectivity index (χ0v) is 50.3. The van der Waals surface area contributed by atoms with Crippen molar-refractivity contribution in [1.82, 2.24) is 0 Å². The molecule has 438 valence electrons. The summed E-state index contributed by atoms with van der Waals surface area (Å²) in [5.41, 5.74) is 0. The number of esters is 3. The van der Waals surface area contributed by atoms with E-state index in [4.69, 9.17) is 14.2 Å². The Morgan fingerprint density at radius 2 is 0.480 bits per heavy atom. The second-order valence-electron chi connectivity index (χ2n) is 22.4. The molecule has 0 amide bonds. The van der Waals surface area contributed by atoms with Crippen molar-refractivity contribution in [1.29, 1.82) is 0 Å². The normalized spacial score (nSPS) is 12.3. The van der Waals surface area contributed by atoms with Crippen LogP contribution in [0.2, 0.25) is 0 Å². The highest BCUT2D eigenvalue weighted by molar-refractivity contribution is 5.71. The molecule has 0 aliphatic carbocycles. The molecule has 0 rings (SSSR count). The number of allylic oxidation sites excluding steroid dienone is 8. The quantitative estimate of drug-likeness (QED) is 0.0261. The summed E-state index contributed by atoms with van der Waals surface area (Å²) in [7, 11) is 0. The van der Waals surface area contributed by atoms with E-state index in [0.717, 1.165) is 89.9 Å². The average molecular weight is 1050 g/mol. The summed E-state index contributed by atoms with van der Waals surface area (Å²) in [6.07, 6.45) is 79.8. The van der Waals surface area contributed by atoms with Crippen LogP contribution in [-0.4, -0.2) is 37.2 Å². The molecule has 1 atom stereocenters. The maximum Gasteiger partial charge on any atom is 0.306 e. The van der Waals surface area contributed by atoms with Crippen LogP contribution in [0.15, 0.2) is 48.6 Å². The Morgan fingerprint density at radius 3 is 0.773 bits per heavy atom. The molecule has 1 unspecified atom stereocenters. The molecule has 0 aromatic carbocycles. The van der Waals surface area contributed by atoms with Gasteiger partial charge in [0.25, 0.3) is 0 Å². The fourth-order valence-corrected chi connectivity index (χ4v) is 9.80. The maximum atomic E-state index is 12.9. The highest BCUT2D eigenvalue weighted by Crippen LogP contribution is 2.18. The van der Waals surface area contributed by atoms with Crippen LogP contribution in [0, 0.1) is 0 Å². The summed E-state index contributed by atoms with van der Waals surface area (Å²) >= 11 is 0. The van der Waals surface area contributed by atoms with Crippen molar-refractivity contribution in [3.05, 3.63) is 48.6 Å². The first kappa shape index (κ1) is 72.4. The number of carbonyl (C=O) groups is 3. The van der Waals surface area contributed by atoms with Crippen LogP contribution in [0.1, 0.15) is 355 Å². The minimum absolute atomic E-state index is 0.0774. The number of carbonyl (C=O) groups excluding carboxylic acids is 3. The standard InChI is InChI=1S/C69H126O6/c1-4-7-10-13-16-19-22-25-28-31-32-33-34-35-36-37-39-41-44-47-50-53-56-59-62-68(71)74-65-66(64-73-67(70)61-58-55-52-49-46-43-40-30-27-24-21-18-15-12-9-6-3)75-69(72)63-60-57-54-51-48-45-42-38-29-26-23-20-17-14-11-8-5-2/h17,20-21,24,26,29-30,40,66H,4-16,18-19,22-23,25,27-28,31-39,41-65H2,1-3H3/b20-17-,24-21-,29-26-,40-30-. The molecule has 0 aliphatic heterocycles. The highest BCUT2D eigenvalue weighted by Gasteiger charge is 2.19. The molecular formula is C69H126O6. The number of unbranched alkanes of at least 4 members (excludes halogenated alkanes) is 42. The SMILES string of the molecule is CCCCC/C=C\C/C=C\CCCCCCCCCC(=O)OC(COC(=O)CCCCCCC/C=C\C/C=C\CCCCCC)COC(=O)CCCCCCCCCCCCCCCCCCCCCCCCCC. The van der Waals surface area contributed by atoms with Crippen LogP contribution in [-0.2, 0) is 28.6 Å². The van der Waals surface area contributed by atoms with Crippen molar-refractivity contribution in [2.24, 2.45) is 0 Å². The Bertz CT molecular complexity index is 1300. The van der Waals surface area contributed by atoms with Gasteiger partial charge in [0.1, 0.15) is 13.2 Å². The van der Waals surface area contributed by atoms with Gasteiger partial charge >= 0.3 is 17.9 Å². The summed E-state index contributed by atoms with van der Waals surface area (Å²) in [5.74, 6) is -0.878. The first-order valence-electron chi connectivity index (χ1n) is 33.1. The van der Waals surface area contributed by atoms with Crippen LogP contribution in [0.5, 0.6) is 0 Å². The van der Waals surface area contributed by atoms with Crippen molar-refractivity contribution in [3.63, 3.8) is 0 Å². The zero-order chi connectivity index (χ0) is 54.3. The highest BCUT2D eigenvalue weighted by atomic mass is 16.6. The van der Waals surface area contributed by atoms with Crippen LogP contribution in [0.4, 0.5) is 0 Å². The lowest BCUT2D eigenvalue weighted by Gasteiger charge is -2.18. The third-order valence-corrected chi connectivity index (χ3v) is 14.8. The second kappa shape index (κ2) is 63.9. The van der Waals surface area contributed by atoms with E-state index in [1.54, 1.807) is 0 Å². The molecule has 6 heteroatoms. The summed E-state index contributed by atoms with van der Waals surface area (Å²) in [5, 5.41) is 0. The topological polar surface area (TPSA) is 78.9 Å². The second-order valence-corrected chi connectivity index (χ2v) is 22.4. The summed E-state index contributed by atoms with van der Waals surface area (Å²) in [4.78, 5) is 38.3. The van der Waals surface area contributed by atoms with Crippen molar-refractivity contribution in [2.75, 3.05) is 13.2 Å². The lowest BCUT2D eigenvalue weighted by molar-refractivity contribution is -0.167. The van der Waals surface area contributed by atoms with Gasteiger partial charge in [0.2, 0.25) is 0 Å². The molecule has 0 N–H and O–H groups in total. The van der Waals surface area contributed by atoms with Gasteiger partial charge in [-0.3, -0.25) is 14.4 Å². The maximum absolute atomic E-state index is 12.9. The van der Waals surface area contributed by atoms with Gasteiger partial charge in [-0.15, -0.1) is 0 Å².